The molecule has 156 valence electrons. The summed E-state index contributed by atoms with van der Waals surface area (Å²) in [4.78, 5) is 25.3. The Morgan fingerprint density at radius 1 is 1.17 bits per heavy atom. The molecule has 2 aromatic rings. The molecule has 0 unspecified atom stereocenters. The van der Waals surface area contributed by atoms with Gasteiger partial charge in [0.15, 0.2) is 0 Å². The van der Waals surface area contributed by atoms with Gasteiger partial charge in [0.25, 0.3) is 11.6 Å². The molecule has 0 aromatic heterocycles. The van der Waals surface area contributed by atoms with Crippen LogP contribution < -0.4 is 15.0 Å². The van der Waals surface area contributed by atoms with Crippen LogP contribution in [0.5, 0.6) is 0 Å². The normalized spacial score (nSPS) is 15.5. The number of primary sulfonamides is 1. The molecule has 3 rings (SSSR count). The molecule has 11 heteroatoms. The number of hydrazone groups is 1. The van der Waals surface area contributed by atoms with E-state index in [1.165, 1.54) is 36.4 Å². The maximum Gasteiger partial charge on any atom is 0.293 e. The lowest BCUT2D eigenvalue weighted by molar-refractivity contribution is -0.384. The average molecular weight is 429 g/mol. The molecule has 0 spiro atoms. The standard InChI is InChI=1S/C19H19N5O5S/c1-12-16(10-13-4-9-17(22(2)3)18(11-13)24(26)27)19(25)23(21-12)14-5-7-15(8-6-14)30(20,28)29/h4-11H,1-3H3,(H2,20,28,29)/b16-10-. The Kier molecular flexibility index (Phi) is 5.42. The number of hydrogen-bond donors (Lipinski definition) is 1. The van der Waals surface area contributed by atoms with E-state index in [0.717, 1.165) is 5.01 Å². The van der Waals surface area contributed by atoms with Crippen LogP contribution in [0.2, 0.25) is 0 Å². The summed E-state index contributed by atoms with van der Waals surface area (Å²) in [5.74, 6) is -0.435. The molecule has 2 aromatic carbocycles. The molecule has 10 nitrogen and oxygen atoms in total. The van der Waals surface area contributed by atoms with Gasteiger partial charge in [0.2, 0.25) is 10.0 Å². The van der Waals surface area contributed by atoms with E-state index in [2.05, 4.69) is 5.10 Å². The van der Waals surface area contributed by atoms with Gasteiger partial charge in [-0.15, -0.1) is 0 Å². The average Bonchev–Trinajstić information content (AvgIpc) is 2.95. The first-order valence-corrected chi connectivity index (χ1v) is 10.2. The van der Waals surface area contributed by atoms with Gasteiger partial charge in [-0.25, -0.2) is 13.6 Å². The molecular weight excluding hydrogens is 410 g/mol. The Hall–Kier alpha value is -3.57. The molecule has 1 aliphatic heterocycles. The van der Waals surface area contributed by atoms with Crippen LogP contribution in [-0.4, -0.2) is 39.1 Å². The lowest BCUT2D eigenvalue weighted by Crippen LogP contribution is -2.21. The summed E-state index contributed by atoms with van der Waals surface area (Å²) < 4.78 is 22.8. The minimum Gasteiger partial charge on any atom is -0.372 e. The first kappa shape index (κ1) is 21.1. The molecule has 30 heavy (non-hydrogen) atoms. The smallest absolute Gasteiger partial charge is 0.293 e. The van der Waals surface area contributed by atoms with Crippen molar-refractivity contribution >= 4 is 44.8 Å². The molecule has 2 N–H and O–H groups in total. The quantitative estimate of drug-likeness (QED) is 0.439. The van der Waals surface area contributed by atoms with Crippen LogP contribution in [0.3, 0.4) is 0 Å². The van der Waals surface area contributed by atoms with Crippen LogP contribution in [0.25, 0.3) is 6.08 Å². The van der Waals surface area contributed by atoms with Crippen molar-refractivity contribution in [1.82, 2.24) is 0 Å². The SMILES string of the molecule is CC1=NN(c2ccc(S(N)(=O)=O)cc2)C(=O)/C1=C\c1ccc(N(C)C)c([N+](=O)[O-])c1. The van der Waals surface area contributed by atoms with Gasteiger partial charge in [-0.2, -0.15) is 10.1 Å². The number of rotatable bonds is 5. The fraction of sp³-hybridized carbons (Fsp3) is 0.158. The second-order valence-electron chi connectivity index (χ2n) is 6.80. The minimum absolute atomic E-state index is 0.0789. The minimum atomic E-state index is -3.85. The Bertz CT molecular complexity index is 1200. The highest BCUT2D eigenvalue weighted by atomic mass is 32.2. The van der Waals surface area contributed by atoms with E-state index >= 15 is 0 Å². The molecule has 0 radical (unpaired) electrons. The zero-order valence-corrected chi connectivity index (χ0v) is 17.3. The number of nitro groups is 1. The molecule has 0 saturated carbocycles. The van der Waals surface area contributed by atoms with Crippen molar-refractivity contribution in [3.63, 3.8) is 0 Å². The van der Waals surface area contributed by atoms with Crippen molar-refractivity contribution in [3.8, 4) is 0 Å². The highest BCUT2D eigenvalue weighted by Crippen LogP contribution is 2.30. The van der Waals surface area contributed by atoms with Gasteiger partial charge in [-0.05, 0) is 48.9 Å². The molecule has 0 aliphatic carbocycles. The van der Waals surface area contributed by atoms with E-state index in [9.17, 15) is 23.3 Å². The molecular formula is C19H19N5O5S. The van der Waals surface area contributed by atoms with Crippen LogP contribution in [0, 0.1) is 10.1 Å². The van der Waals surface area contributed by atoms with Gasteiger partial charge in [-0.3, -0.25) is 14.9 Å². The van der Waals surface area contributed by atoms with E-state index in [1.54, 1.807) is 38.1 Å². The van der Waals surface area contributed by atoms with Crippen molar-refractivity contribution < 1.29 is 18.1 Å². The number of sulfonamides is 1. The van der Waals surface area contributed by atoms with Crippen LogP contribution in [-0.2, 0) is 14.8 Å². The lowest BCUT2D eigenvalue weighted by Gasteiger charge is -2.13. The summed E-state index contributed by atoms with van der Waals surface area (Å²) in [7, 11) is -0.438. The zero-order chi connectivity index (χ0) is 22.2. The third kappa shape index (κ3) is 4.07. The number of hydrogen-bond acceptors (Lipinski definition) is 7. The highest BCUT2D eigenvalue weighted by Gasteiger charge is 2.29. The Morgan fingerprint density at radius 3 is 2.33 bits per heavy atom. The summed E-state index contributed by atoms with van der Waals surface area (Å²) in [5.41, 5.74) is 1.92. The molecule has 0 atom stereocenters. The molecule has 1 heterocycles. The number of carbonyl (C=O) groups is 1. The Balaban J connectivity index is 1.95. The first-order valence-electron chi connectivity index (χ1n) is 8.69. The molecule has 0 saturated heterocycles. The molecule has 0 fully saturated rings. The summed E-state index contributed by atoms with van der Waals surface area (Å²) in [5, 5.41) is 21.8. The predicted molar refractivity (Wildman–Crippen MR) is 114 cm³/mol. The third-order valence-electron chi connectivity index (χ3n) is 4.46. The zero-order valence-electron chi connectivity index (χ0n) is 16.4. The summed E-state index contributed by atoms with van der Waals surface area (Å²) in [6.07, 6.45) is 1.53. The van der Waals surface area contributed by atoms with Crippen LogP contribution in [0.1, 0.15) is 12.5 Å². The Morgan fingerprint density at radius 2 is 1.80 bits per heavy atom. The van der Waals surface area contributed by atoms with Crippen molar-refractivity contribution in [2.45, 2.75) is 11.8 Å². The molecule has 1 amide bonds. The van der Waals surface area contributed by atoms with Gasteiger partial charge in [0, 0.05) is 20.2 Å². The lowest BCUT2D eigenvalue weighted by atomic mass is 10.1. The van der Waals surface area contributed by atoms with E-state index < -0.39 is 20.9 Å². The van der Waals surface area contributed by atoms with Crippen LogP contribution in [0.15, 0.2) is 58.0 Å². The number of nitro benzene ring substituents is 1. The number of nitrogens with two attached hydrogens (primary N) is 1. The van der Waals surface area contributed by atoms with Gasteiger partial charge >= 0.3 is 0 Å². The maximum absolute atomic E-state index is 12.9. The topological polar surface area (TPSA) is 139 Å². The third-order valence-corrected chi connectivity index (χ3v) is 5.39. The van der Waals surface area contributed by atoms with Crippen molar-refractivity contribution in [2.24, 2.45) is 10.2 Å². The van der Waals surface area contributed by atoms with Gasteiger partial charge in [0.1, 0.15) is 5.69 Å². The number of carbonyl (C=O) groups excluding carboxylic acids is 1. The molecule has 1 aliphatic rings. The van der Waals surface area contributed by atoms with Crippen molar-refractivity contribution in [2.75, 3.05) is 24.0 Å². The second-order valence-corrected chi connectivity index (χ2v) is 8.36. The number of nitrogens with zero attached hydrogens (tertiary/aromatic N) is 4. The number of benzene rings is 2. The Labute approximate surface area is 173 Å². The van der Waals surface area contributed by atoms with Crippen molar-refractivity contribution in [3.05, 3.63) is 63.7 Å². The maximum atomic E-state index is 12.9. The van der Waals surface area contributed by atoms with Crippen LogP contribution >= 0.6 is 0 Å². The predicted octanol–water partition coefficient (Wildman–Crippen LogP) is 2.11. The first-order chi connectivity index (χ1) is 14.0. The van der Waals surface area contributed by atoms with E-state index in [1.807, 2.05) is 0 Å². The largest absolute Gasteiger partial charge is 0.372 e. The summed E-state index contributed by atoms with van der Waals surface area (Å²) in [6.45, 7) is 1.64. The number of amides is 1. The van der Waals surface area contributed by atoms with E-state index in [4.69, 9.17) is 5.14 Å². The van der Waals surface area contributed by atoms with Gasteiger partial charge in [0.05, 0.1) is 26.8 Å². The summed E-state index contributed by atoms with van der Waals surface area (Å²) >= 11 is 0. The number of anilines is 2. The van der Waals surface area contributed by atoms with Gasteiger partial charge in [-0.1, -0.05) is 6.07 Å². The van der Waals surface area contributed by atoms with Crippen molar-refractivity contribution in [1.29, 1.82) is 0 Å². The fourth-order valence-electron chi connectivity index (χ4n) is 2.96. The fourth-order valence-corrected chi connectivity index (χ4v) is 3.47. The summed E-state index contributed by atoms with van der Waals surface area (Å²) in [6, 6.07) is 10.1. The van der Waals surface area contributed by atoms with E-state index in [0.29, 0.717) is 22.6 Å². The second kappa shape index (κ2) is 7.69. The van der Waals surface area contributed by atoms with E-state index in [-0.39, 0.29) is 16.2 Å². The van der Waals surface area contributed by atoms with Crippen LogP contribution in [0.4, 0.5) is 17.1 Å². The van der Waals surface area contributed by atoms with Gasteiger partial charge < -0.3 is 4.90 Å². The molecule has 0 bridgehead atoms. The highest BCUT2D eigenvalue weighted by molar-refractivity contribution is 7.89. The monoisotopic (exact) mass is 429 g/mol.